The first-order chi connectivity index (χ1) is 15.4. The van der Waals surface area contributed by atoms with Crippen LogP contribution in [0.5, 0.6) is 0 Å². The molecule has 3 aromatic carbocycles. The molecule has 0 saturated carbocycles. The van der Waals surface area contributed by atoms with Crippen LogP contribution in [0.25, 0.3) is 0 Å². The highest BCUT2D eigenvalue weighted by atomic mass is 35.5. The highest BCUT2D eigenvalue weighted by molar-refractivity contribution is 6.33. The lowest BCUT2D eigenvalue weighted by Gasteiger charge is -2.44. The molecule has 1 saturated heterocycles. The van der Waals surface area contributed by atoms with E-state index in [1.54, 1.807) is 24.3 Å². The van der Waals surface area contributed by atoms with Gasteiger partial charge in [0.2, 0.25) is 0 Å². The molecule has 3 aromatic rings. The van der Waals surface area contributed by atoms with E-state index in [2.05, 4.69) is 15.9 Å². The summed E-state index contributed by atoms with van der Waals surface area (Å²) >= 11 is 12.6. The lowest BCUT2D eigenvalue weighted by atomic mass is 10.00. The van der Waals surface area contributed by atoms with Crippen molar-refractivity contribution in [2.45, 2.75) is 12.1 Å². The maximum Gasteiger partial charge on any atom is 0.123 e. The summed E-state index contributed by atoms with van der Waals surface area (Å²) in [4.78, 5) is 4.43. The lowest BCUT2D eigenvalue weighted by Crippen LogP contribution is -2.49. The third-order valence-corrected chi connectivity index (χ3v) is 6.35. The molecular weight excluding hydrogens is 448 g/mol. The zero-order chi connectivity index (χ0) is 22.7. The van der Waals surface area contributed by atoms with Crippen molar-refractivity contribution in [2.24, 2.45) is 0 Å². The maximum absolute atomic E-state index is 13.2. The molecule has 0 spiro atoms. The fourth-order valence-electron chi connectivity index (χ4n) is 4.11. The van der Waals surface area contributed by atoms with Gasteiger partial charge in [0.1, 0.15) is 5.82 Å². The van der Waals surface area contributed by atoms with Crippen molar-refractivity contribution in [1.29, 1.82) is 5.26 Å². The van der Waals surface area contributed by atoms with Crippen molar-refractivity contribution in [3.8, 4) is 6.07 Å². The molecule has 4 rings (SSSR count). The van der Waals surface area contributed by atoms with E-state index in [1.807, 2.05) is 30.3 Å². The van der Waals surface area contributed by atoms with E-state index in [9.17, 15) is 9.50 Å². The Labute approximate surface area is 197 Å². The van der Waals surface area contributed by atoms with Crippen LogP contribution in [0.4, 0.5) is 10.1 Å². The largest absolute Gasteiger partial charge is 0.387 e. The van der Waals surface area contributed by atoms with Gasteiger partial charge in [-0.25, -0.2) is 4.39 Å². The van der Waals surface area contributed by atoms with Crippen LogP contribution >= 0.6 is 23.2 Å². The molecule has 0 aromatic heterocycles. The number of aliphatic hydroxyl groups excluding tert-OH is 1. The summed E-state index contributed by atoms with van der Waals surface area (Å²) in [6.45, 7) is 2.51. The van der Waals surface area contributed by atoms with Crippen LogP contribution in [-0.4, -0.2) is 36.2 Å². The van der Waals surface area contributed by atoms with E-state index in [0.717, 1.165) is 17.8 Å². The van der Waals surface area contributed by atoms with E-state index in [-0.39, 0.29) is 11.9 Å². The van der Waals surface area contributed by atoms with Crippen molar-refractivity contribution in [2.75, 3.05) is 31.1 Å². The van der Waals surface area contributed by atoms with Crippen molar-refractivity contribution in [1.82, 2.24) is 4.90 Å². The van der Waals surface area contributed by atoms with Crippen LogP contribution in [-0.2, 0) is 0 Å². The summed E-state index contributed by atoms with van der Waals surface area (Å²) in [6.07, 6.45) is -0.716. The first-order valence-corrected chi connectivity index (χ1v) is 11.1. The Morgan fingerprint density at radius 3 is 2.41 bits per heavy atom. The van der Waals surface area contributed by atoms with Gasteiger partial charge in [-0.1, -0.05) is 47.5 Å². The minimum absolute atomic E-state index is 0.0214. The van der Waals surface area contributed by atoms with Crippen LogP contribution in [0.3, 0.4) is 0 Å². The highest BCUT2D eigenvalue weighted by Crippen LogP contribution is 2.36. The normalized spacial score (nSPS) is 17.7. The second-order valence-corrected chi connectivity index (χ2v) is 8.71. The smallest absolute Gasteiger partial charge is 0.123 e. The number of nitrogens with zero attached hydrogens (tertiary/aromatic N) is 3. The Hall–Kier alpha value is -2.62. The first kappa shape index (κ1) is 22.6. The minimum atomic E-state index is -0.716. The highest BCUT2D eigenvalue weighted by Gasteiger charge is 2.30. The predicted molar refractivity (Wildman–Crippen MR) is 126 cm³/mol. The monoisotopic (exact) mass is 469 g/mol. The molecule has 1 heterocycles. The molecule has 164 valence electrons. The Bertz CT molecular complexity index is 1120. The van der Waals surface area contributed by atoms with Gasteiger partial charge < -0.3 is 10.0 Å². The van der Waals surface area contributed by atoms with Gasteiger partial charge in [0.05, 0.1) is 34.5 Å². The number of anilines is 1. The summed E-state index contributed by atoms with van der Waals surface area (Å²) in [5.74, 6) is -0.323. The van der Waals surface area contributed by atoms with E-state index in [0.29, 0.717) is 40.8 Å². The molecule has 32 heavy (non-hydrogen) atoms. The number of hydrogen-bond donors (Lipinski definition) is 1. The molecule has 0 radical (unpaired) electrons. The van der Waals surface area contributed by atoms with Gasteiger partial charge in [0.25, 0.3) is 0 Å². The van der Waals surface area contributed by atoms with E-state index in [4.69, 9.17) is 28.5 Å². The van der Waals surface area contributed by atoms with E-state index in [1.165, 1.54) is 12.1 Å². The van der Waals surface area contributed by atoms with E-state index >= 15 is 0 Å². The summed E-state index contributed by atoms with van der Waals surface area (Å²) < 4.78 is 13.2. The Kier molecular flexibility index (Phi) is 6.98. The standard InChI is InChI=1S/C25H22Cl2FN3O/c26-20-6-2-18(3-7-20)24-15-30(16-25(32)19-4-8-21(28)9-5-19)11-12-31(24)23-10-1-17(14-29)13-22(23)27/h1-10,13,24-25,32H,11-12,15-16H2/t24-,25+/m0/s1. The molecule has 0 bridgehead atoms. The molecule has 1 aliphatic rings. The zero-order valence-electron chi connectivity index (χ0n) is 17.3. The topological polar surface area (TPSA) is 50.5 Å². The van der Waals surface area contributed by atoms with Gasteiger partial charge in [-0.15, -0.1) is 0 Å². The number of hydrogen-bond acceptors (Lipinski definition) is 4. The molecule has 2 atom stereocenters. The first-order valence-electron chi connectivity index (χ1n) is 10.3. The number of aliphatic hydroxyl groups is 1. The molecular formula is C25H22Cl2FN3O. The van der Waals surface area contributed by atoms with Crippen LogP contribution in [0.2, 0.25) is 10.0 Å². The fourth-order valence-corrected chi connectivity index (χ4v) is 4.52. The van der Waals surface area contributed by atoms with Crippen molar-refractivity contribution in [3.63, 3.8) is 0 Å². The molecule has 0 amide bonds. The molecule has 0 unspecified atom stereocenters. The summed E-state index contributed by atoms with van der Waals surface area (Å²) in [7, 11) is 0. The van der Waals surface area contributed by atoms with Crippen LogP contribution in [0.15, 0.2) is 66.7 Å². The number of benzene rings is 3. The summed E-state index contributed by atoms with van der Waals surface area (Å²) in [5.41, 5.74) is 3.15. The van der Waals surface area contributed by atoms with Gasteiger partial charge in [0, 0.05) is 31.2 Å². The average molecular weight is 470 g/mol. The summed E-state index contributed by atoms with van der Waals surface area (Å²) in [5, 5.41) is 21.0. The average Bonchev–Trinajstić information content (AvgIpc) is 2.80. The number of β-amino-alcohol motifs (C(OH)–C–C–N with tert-alkyl or cyclic N) is 1. The van der Waals surface area contributed by atoms with Gasteiger partial charge >= 0.3 is 0 Å². The summed E-state index contributed by atoms with van der Waals surface area (Å²) in [6, 6.07) is 21.1. The molecule has 1 aliphatic heterocycles. The number of nitriles is 1. The van der Waals surface area contributed by atoms with Gasteiger partial charge in [-0.05, 0) is 53.6 Å². The van der Waals surface area contributed by atoms with Crippen molar-refractivity contribution in [3.05, 3.63) is 99.3 Å². The molecule has 4 nitrogen and oxygen atoms in total. The molecule has 0 aliphatic carbocycles. The van der Waals surface area contributed by atoms with Crippen molar-refractivity contribution >= 4 is 28.9 Å². The molecule has 1 fully saturated rings. The zero-order valence-corrected chi connectivity index (χ0v) is 18.8. The third kappa shape index (κ3) is 5.06. The molecule has 1 N–H and O–H groups in total. The Morgan fingerprint density at radius 1 is 1.03 bits per heavy atom. The number of rotatable bonds is 5. The van der Waals surface area contributed by atoms with Crippen LogP contribution < -0.4 is 4.90 Å². The number of halogens is 3. The predicted octanol–water partition coefficient (Wildman–Crippen LogP) is 5.60. The second kappa shape index (κ2) is 9.89. The van der Waals surface area contributed by atoms with Crippen LogP contribution in [0, 0.1) is 17.1 Å². The second-order valence-electron chi connectivity index (χ2n) is 7.87. The molecule has 7 heteroatoms. The van der Waals surface area contributed by atoms with Gasteiger partial charge in [-0.3, -0.25) is 4.90 Å². The van der Waals surface area contributed by atoms with Gasteiger partial charge in [-0.2, -0.15) is 5.26 Å². The van der Waals surface area contributed by atoms with Crippen molar-refractivity contribution < 1.29 is 9.50 Å². The maximum atomic E-state index is 13.2. The Morgan fingerprint density at radius 2 is 1.75 bits per heavy atom. The lowest BCUT2D eigenvalue weighted by molar-refractivity contribution is 0.100. The van der Waals surface area contributed by atoms with Crippen LogP contribution in [0.1, 0.15) is 28.8 Å². The third-order valence-electron chi connectivity index (χ3n) is 5.79. The van der Waals surface area contributed by atoms with E-state index < -0.39 is 6.10 Å². The quantitative estimate of drug-likeness (QED) is 0.528. The number of piperazine rings is 1. The van der Waals surface area contributed by atoms with Gasteiger partial charge in [0.15, 0.2) is 0 Å². The Balaban J connectivity index is 1.58. The minimum Gasteiger partial charge on any atom is -0.387 e. The SMILES string of the molecule is N#Cc1ccc(N2CCN(C[C@@H](O)c3ccc(F)cc3)C[C@H]2c2ccc(Cl)cc2)c(Cl)c1. The fraction of sp³-hybridized carbons (Fsp3) is 0.240.